The van der Waals surface area contributed by atoms with Crippen LogP contribution < -0.4 is 16.8 Å². The lowest BCUT2D eigenvalue weighted by Crippen LogP contribution is -2.68. The number of anilines is 1. The first kappa shape index (κ1) is 17.5. The number of nitrogens with one attached hydrogen (secondary N) is 1. The van der Waals surface area contributed by atoms with Gasteiger partial charge in [-0.15, -0.1) is 0 Å². The molecular weight excluding hydrogens is 330 g/mol. The molecule has 2 aromatic heterocycles. The van der Waals surface area contributed by atoms with Gasteiger partial charge in [0.15, 0.2) is 23.7 Å². The van der Waals surface area contributed by atoms with Gasteiger partial charge in [-0.1, -0.05) is 6.92 Å². The monoisotopic (exact) mass is 352 g/mol. The fourth-order valence-electron chi connectivity index (χ4n) is 2.81. The maximum Gasteiger partial charge on any atom is 0.278 e. The molecule has 2 aromatic rings. The Morgan fingerprint density at radius 2 is 2.28 bits per heavy atom. The largest absolute Gasteiger partial charge is 0.394 e. The Balaban J connectivity index is 1.96. The van der Waals surface area contributed by atoms with Crippen molar-refractivity contribution >= 4 is 22.9 Å². The van der Waals surface area contributed by atoms with Crippen molar-refractivity contribution in [2.75, 3.05) is 12.3 Å². The summed E-state index contributed by atoms with van der Waals surface area (Å²) < 4.78 is 7.29. The molecule has 0 radical (unpaired) electrons. The lowest BCUT2D eigenvalue weighted by atomic mass is 10.1. The third kappa shape index (κ3) is 3.02. The molecule has 0 saturated carbocycles. The van der Waals surface area contributed by atoms with Gasteiger partial charge in [0.05, 0.1) is 12.9 Å². The number of rotatable bonds is 5. The molecule has 11 heteroatoms. The van der Waals surface area contributed by atoms with Crippen LogP contribution in [0.5, 0.6) is 0 Å². The zero-order valence-electron chi connectivity index (χ0n) is 13.7. The summed E-state index contributed by atoms with van der Waals surface area (Å²) in [5.41, 5.74) is 10.4. The summed E-state index contributed by atoms with van der Waals surface area (Å²) in [4.78, 5) is 24.4. The normalized spacial score (nSPS) is 27.5. The van der Waals surface area contributed by atoms with Crippen LogP contribution in [0.15, 0.2) is 12.7 Å². The molecule has 1 aliphatic heterocycles. The van der Waals surface area contributed by atoms with E-state index in [1.165, 1.54) is 12.7 Å². The number of carbonyl (C=O) groups excluding carboxylic acids is 1. The molecule has 5 atom stereocenters. The molecule has 1 amide bonds. The van der Waals surface area contributed by atoms with Crippen molar-refractivity contribution < 1.29 is 25.5 Å². The van der Waals surface area contributed by atoms with Gasteiger partial charge < -0.3 is 31.7 Å². The molecule has 0 bridgehead atoms. The number of aliphatic hydroxyl groups excluding tert-OH is 2. The molecule has 136 valence electrons. The number of quaternary nitrogens is 1. The number of fused-ring (bicyclic) bond motifs is 1. The van der Waals surface area contributed by atoms with Crippen LogP contribution in [0.1, 0.15) is 19.6 Å². The van der Waals surface area contributed by atoms with E-state index in [4.69, 9.17) is 10.5 Å². The molecule has 25 heavy (non-hydrogen) atoms. The van der Waals surface area contributed by atoms with Gasteiger partial charge in [0.25, 0.3) is 5.91 Å². The Labute approximate surface area is 143 Å². The van der Waals surface area contributed by atoms with Crippen LogP contribution in [-0.4, -0.2) is 66.5 Å². The average molecular weight is 352 g/mol. The van der Waals surface area contributed by atoms with E-state index in [1.807, 2.05) is 6.92 Å². The minimum atomic E-state index is -1.10. The minimum Gasteiger partial charge on any atom is -0.394 e. The Kier molecular flexibility index (Phi) is 4.81. The van der Waals surface area contributed by atoms with Crippen LogP contribution in [0, 0.1) is 0 Å². The number of ether oxygens (including phenoxy) is 1. The number of aliphatic hydroxyl groups is 2. The summed E-state index contributed by atoms with van der Waals surface area (Å²) in [5, 5.41) is 22.6. The number of carbonyl (C=O) groups is 1. The molecule has 0 aromatic carbocycles. The highest BCUT2D eigenvalue weighted by Crippen LogP contribution is 2.31. The molecule has 1 aliphatic rings. The van der Waals surface area contributed by atoms with E-state index in [-0.39, 0.29) is 11.7 Å². The van der Waals surface area contributed by atoms with Gasteiger partial charge in [-0.05, 0) is 0 Å². The summed E-state index contributed by atoms with van der Waals surface area (Å²) >= 11 is 0. The second-order valence-corrected chi connectivity index (χ2v) is 5.96. The second-order valence-electron chi connectivity index (χ2n) is 5.96. The molecule has 3 rings (SSSR count). The van der Waals surface area contributed by atoms with Crippen LogP contribution in [0.2, 0.25) is 0 Å². The quantitative estimate of drug-likeness (QED) is 0.382. The van der Waals surface area contributed by atoms with E-state index >= 15 is 0 Å². The molecule has 3 heterocycles. The van der Waals surface area contributed by atoms with Gasteiger partial charge in [-0.25, -0.2) is 15.0 Å². The lowest BCUT2D eigenvalue weighted by molar-refractivity contribution is -0.404. The summed E-state index contributed by atoms with van der Waals surface area (Å²) in [7, 11) is 0. The van der Waals surface area contributed by atoms with Gasteiger partial charge in [0.2, 0.25) is 0 Å². The van der Waals surface area contributed by atoms with Crippen LogP contribution in [0.3, 0.4) is 0 Å². The van der Waals surface area contributed by atoms with E-state index in [1.54, 1.807) is 4.57 Å². The molecule has 11 nitrogen and oxygen atoms in total. The number of hydrogen-bond donors (Lipinski definition) is 5. The number of nitrogens with zero attached hydrogens (tertiary/aromatic N) is 4. The summed E-state index contributed by atoms with van der Waals surface area (Å²) in [5.74, 6) is -0.0947. The van der Waals surface area contributed by atoms with Crippen molar-refractivity contribution in [3.05, 3.63) is 12.7 Å². The SMILES string of the molecule is CCC([NH3+])C(=O)N[C@H]1C(O)[C@@H](CO)O[C@H]1n1cnc2c(N)ncnc21. The highest BCUT2D eigenvalue weighted by atomic mass is 16.5. The topological polar surface area (TPSA) is 176 Å². The van der Waals surface area contributed by atoms with Gasteiger partial charge in [-0.3, -0.25) is 9.36 Å². The minimum absolute atomic E-state index is 0.213. The maximum atomic E-state index is 12.2. The first-order valence-electron chi connectivity index (χ1n) is 7.98. The molecule has 2 unspecified atom stereocenters. The molecule has 1 fully saturated rings. The third-order valence-electron chi connectivity index (χ3n) is 4.38. The van der Waals surface area contributed by atoms with Crippen LogP contribution in [-0.2, 0) is 9.53 Å². The molecule has 0 aliphatic carbocycles. The predicted octanol–water partition coefficient (Wildman–Crippen LogP) is -2.84. The number of nitrogen functional groups attached to an aromatic ring is 1. The zero-order chi connectivity index (χ0) is 18.1. The highest BCUT2D eigenvalue weighted by molar-refractivity contribution is 5.82. The van der Waals surface area contributed by atoms with E-state index < -0.39 is 37.1 Å². The van der Waals surface area contributed by atoms with Crippen molar-refractivity contribution in [2.45, 2.75) is 43.9 Å². The van der Waals surface area contributed by atoms with Gasteiger partial charge in [0.1, 0.15) is 30.1 Å². The Morgan fingerprint density at radius 1 is 1.52 bits per heavy atom. The fourth-order valence-corrected chi connectivity index (χ4v) is 2.81. The van der Waals surface area contributed by atoms with Crippen LogP contribution >= 0.6 is 0 Å². The number of imidazole rings is 1. The van der Waals surface area contributed by atoms with Gasteiger partial charge in [-0.2, -0.15) is 0 Å². The average Bonchev–Trinajstić information content (AvgIpc) is 3.17. The number of amides is 1. The molecule has 1 saturated heterocycles. The first-order chi connectivity index (χ1) is 12.0. The van der Waals surface area contributed by atoms with Crippen LogP contribution in [0.25, 0.3) is 11.2 Å². The zero-order valence-corrected chi connectivity index (χ0v) is 13.7. The highest BCUT2D eigenvalue weighted by Gasteiger charge is 2.46. The third-order valence-corrected chi connectivity index (χ3v) is 4.38. The van der Waals surface area contributed by atoms with E-state index in [0.29, 0.717) is 17.6 Å². The van der Waals surface area contributed by atoms with Crippen molar-refractivity contribution in [1.82, 2.24) is 24.8 Å². The summed E-state index contributed by atoms with van der Waals surface area (Å²) in [6.07, 6.45) is 0.548. The number of hydrogen-bond acceptors (Lipinski definition) is 8. The number of aromatic nitrogens is 4. The summed E-state index contributed by atoms with van der Waals surface area (Å²) in [6.45, 7) is 1.45. The molecular formula is C14H22N7O4+. The Hall–Kier alpha value is -2.34. The maximum absolute atomic E-state index is 12.2. The van der Waals surface area contributed by atoms with Crippen molar-refractivity contribution in [1.29, 1.82) is 0 Å². The standard InChI is InChI=1S/C14H21N7O4/c1-2-6(15)13(24)20-8-10(23)7(3-22)25-14(8)21-5-19-9-11(16)17-4-18-12(9)21/h4-8,10,14,22-23H,2-3,15H2,1H3,(H,20,24)(H2,16,17,18)/p+1/t6?,7-,8+,10?,14-/m1/s1. The van der Waals surface area contributed by atoms with E-state index in [9.17, 15) is 15.0 Å². The summed E-state index contributed by atoms with van der Waals surface area (Å²) in [6, 6.07) is -1.26. The Bertz CT molecular complexity index is 767. The van der Waals surface area contributed by atoms with Crippen molar-refractivity contribution in [2.24, 2.45) is 0 Å². The molecule has 0 spiro atoms. The Morgan fingerprint density at radius 3 is 2.96 bits per heavy atom. The smallest absolute Gasteiger partial charge is 0.278 e. The van der Waals surface area contributed by atoms with E-state index in [0.717, 1.165) is 0 Å². The number of nitrogens with two attached hydrogens (primary N) is 1. The van der Waals surface area contributed by atoms with Crippen molar-refractivity contribution in [3.8, 4) is 0 Å². The predicted molar refractivity (Wildman–Crippen MR) is 85.6 cm³/mol. The van der Waals surface area contributed by atoms with E-state index in [2.05, 4.69) is 26.0 Å². The fraction of sp³-hybridized carbons (Fsp3) is 0.571. The first-order valence-corrected chi connectivity index (χ1v) is 7.98. The van der Waals surface area contributed by atoms with Crippen LogP contribution in [0.4, 0.5) is 5.82 Å². The molecule has 8 N–H and O–H groups in total. The van der Waals surface area contributed by atoms with Crippen molar-refractivity contribution in [3.63, 3.8) is 0 Å². The lowest BCUT2D eigenvalue weighted by Gasteiger charge is -2.23. The van der Waals surface area contributed by atoms with Gasteiger partial charge in [0, 0.05) is 6.42 Å². The van der Waals surface area contributed by atoms with Gasteiger partial charge >= 0.3 is 0 Å². The second kappa shape index (κ2) is 6.88.